The molecule has 6 nitrogen and oxygen atoms in total. The molecule has 2 heterocycles. The highest BCUT2D eigenvalue weighted by Gasteiger charge is 2.21. The van der Waals surface area contributed by atoms with E-state index in [9.17, 15) is 22.4 Å². The third kappa shape index (κ3) is 5.05. The lowest BCUT2D eigenvalue weighted by Crippen LogP contribution is -2.12. The maximum atomic E-state index is 13.7. The number of halogens is 4. The summed E-state index contributed by atoms with van der Waals surface area (Å²) in [6.45, 7) is 1.95. The van der Waals surface area contributed by atoms with Crippen molar-refractivity contribution >= 4 is 11.7 Å². The molecule has 0 unspecified atom stereocenters. The number of hydrogen-bond donors (Lipinski definition) is 1. The first-order valence-corrected chi connectivity index (χ1v) is 9.75. The second-order valence-electron chi connectivity index (χ2n) is 7.19. The zero-order chi connectivity index (χ0) is 23.5. The van der Waals surface area contributed by atoms with Crippen LogP contribution in [0.25, 0.3) is 0 Å². The normalized spacial score (nSPS) is 10.9. The van der Waals surface area contributed by atoms with E-state index in [-0.39, 0.29) is 17.6 Å². The first-order valence-electron chi connectivity index (χ1n) is 9.75. The van der Waals surface area contributed by atoms with Crippen molar-refractivity contribution < 1.29 is 31.5 Å². The van der Waals surface area contributed by atoms with Gasteiger partial charge < -0.3 is 14.5 Å². The minimum Gasteiger partial charge on any atom is -0.479 e. The quantitative estimate of drug-likeness (QED) is 0.304. The highest BCUT2D eigenvalue weighted by atomic mass is 19.2. The maximum Gasteiger partial charge on any atom is 0.292 e. The summed E-state index contributed by atoms with van der Waals surface area (Å²) in [7, 11) is 0. The molecule has 0 atom stereocenters. The van der Waals surface area contributed by atoms with Crippen LogP contribution in [-0.4, -0.2) is 15.7 Å². The molecule has 0 saturated heterocycles. The lowest BCUT2D eigenvalue weighted by atomic mass is 10.1. The zero-order valence-electron chi connectivity index (χ0n) is 17.2. The van der Waals surface area contributed by atoms with E-state index in [1.165, 1.54) is 12.1 Å². The van der Waals surface area contributed by atoms with E-state index >= 15 is 0 Å². The van der Waals surface area contributed by atoms with Crippen molar-refractivity contribution in [1.82, 2.24) is 9.78 Å². The minimum atomic E-state index is -1.67. The second kappa shape index (κ2) is 9.19. The Morgan fingerprint density at radius 3 is 2.55 bits per heavy atom. The van der Waals surface area contributed by atoms with Crippen LogP contribution in [0.1, 0.15) is 27.4 Å². The molecule has 1 amide bonds. The number of aromatic nitrogens is 2. The van der Waals surface area contributed by atoms with E-state index in [0.29, 0.717) is 12.4 Å². The van der Waals surface area contributed by atoms with Crippen LogP contribution in [0.3, 0.4) is 0 Å². The molecule has 0 aliphatic rings. The summed E-state index contributed by atoms with van der Waals surface area (Å²) in [5.74, 6) is -8.16. The fourth-order valence-corrected chi connectivity index (χ4v) is 3.09. The smallest absolute Gasteiger partial charge is 0.292 e. The molecule has 10 heteroatoms. The number of benzene rings is 2. The number of ether oxygens (including phenoxy) is 1. The summed E-state index contributed by atoms with van der Waals surface area (Å²) in [5.41, 5.74) is 2.18. The van der Waals surface area contributed by atoms with Gasteiger partial charge in [0.25, 0.3) is 5.91 Å². The summed E-state index contributed by atoms with van der Waals surface area (Å²) in [6, 6.07) is 12.3. The van der Waals surface area contributed by atoms with Crippen molar-refractivity contribution in [2.24, 2.45) is 0 Å². The van der Waals surface area contributed by atoms with Crippen LogP contribution >= 0.6 is 0 Å². The van der Waals surface area contributed by atoms with E-state index < -0.39 is 41.5 Å². The van der Waals surface area contributed by atoms with E-state index in [2.05, 4.69) is 10.4 Å². The van der Waals surface area contributed by atoms with Gasteiger partial charge >= 0.3 is 0 Å². The van der Waals surface area contributed by atoms with Gasteiger partial charge in [0.15, 0.2) is 29.0 Å². The van der Waals surface area contributed by atoms with Crippen LogP contribution < -0.4 is 10.1 Å². The zero-order valence-corrected chi connectivity index (χ0v) is 17.2. The summed E-state index contributed by atoms with van der Waals surface area (Å²) in [5, 5.41) is 6.85. The number of furan rings is 1. The largest absolute Gasteiger partial charge is 0.479 e. The van der Waals surface area contributed by atoms with E-state index in [4.69, 9.17) is 9.15 Å². The fraction of sp³-hybridized carbons (Fsp3) is 0.130. The molecule has 2 aromatic heterocycles. The van der Waals surface area contributed by atoms with Crippen molar-refractivity contribution in [3.63, 3.8) is 0 Å². The van der Waals surface area contributed by atoms with Crippen molar-refractivity contribution in [2.45, 2.75) is 20.1 Å². The molecule has 1 N–H and O–H groups in total. The molecule has 0 aliphatic heterocycles. The second-order valence-corrected chi connectivity index (χ2v) is 7.19. The number of carbonyl (C=O) groups is 1. The van der Waals surface area contributed by atoms with Gasteiger partial charge in [-0.15, -0.1) is 0 Å². The number of carbonyl (C=O) groups excluding carboxylic acids is 1. The minimum absolute atomic E-state index is 0.00796. The lowest BCUT2D eigenvalue weighted by molar-refractivity contribution is 0.0991. The Labute approximate surface area is 185 Å². The topological polar surface area (TPSA) is 69.3 Å². The van der Waals surface area contributed by atoms with Gasteiger partial charge in [-0.05, 0) is 24.6 Å². The molecular weight excluding hydrogens is 442 g/mol. The van der Waals surface area contributed by atoms with Crippen LogP contribution in [0.2, 0.25) is 0 Å². The predicted octanol–water partition coefficient (Wildman–Crippen LogP) is 5.22. The molecule has 0 aliphatic carbocycles. The van der Waals surface area contributed by atoms with Crippen LogP contribution in [-0.2, 0) is 13.2 Å². The summed E-state index contributed by atoms with van der Waals surface area (Å²) >= 11 is 0. The van der Waals surface area contributed by atoms with Gasteiger partial charge in [-0.1, -0.05) is 29.8 Å². The number of aryl methyl sites for hydroxylation is 1. The third-order valence-electron chi connectivity index (χ3n) is 4.63. The molecule has 0 radical (unpaired) electrons. The summed E-state index contributed by atoms with van der Waals surface area (Å²) in [6.07, 6.45) is 1.71. The Morgan fingerprint density at radius 2 is 1.82 bits per heavy atom. The van der Waals surface area contributed by atoms with E-state index in [0.717, 1.165) is 11.1 Å². The first kappa shape index (κ1) is 22.1. The van der Waals surface area contributed by atoms with Crippen LogP contribution in [0.5, 0.6) is 5.75 Å². The highest BCUT2D eigenvalue weighted by Crippen LogP contribution is 2.27. The molecule has 4 rings (SSSR count). The van der Waals surface area contributed by atoms with Gasteiger partial charge in [0.05, 0.1) is 6.54 Å². The fourth-order valence-electron chi connectivity index (χ4n) is 3.09. The standard InChI is InChI=1S/C23H17F4N3O3/c1-13-3-2-4-14(9-13)11-30-8-7-19(29-30)28-23(31)18-6-5-15(33-18)12-32-22-20(26)16(24)10-17(25)21(22)27/h2-10H,11-12H2,1H3,(H,28,29,31). The summed E-state index contributed by atoms with van der Waals surface area (Å²) < 4.78 is 65.6. The molecule has 0 bridgehead atoms. The Kier molecular flexibility index (Phi) is 6.16. The van der Waals surface area contributed by atoms with Crippen molar-refractivity contribution in [1.29, 1.82) is 0 Å². The van der Waals surface area contributed by atoms with E-state index in [1.54, 1.807) is 16.9 Å². The van der Waals surface area contributed by atoms with Crippen molar-refractivity contribution in [2.75, 3.05) is 5.32 Å². The summed E-state index contributed by atoms with van der Waals surface area (Å²) in [4.78, 5) is 12.4. The lowest BCUT2D eigenvalue weighted by Gasteiger charge is -2.08. The molecule has 0 spiro atoms. The van der Waals surface area contributed by atoms with Crippen molar-refractivity contribution in [3.8, 4) is 5.75 Å². The molecule has 170 valence electrons. The van der Waals surface area contributed by atoms with Crippen LogP contribution in [0.4, 0.5) is 23.4 Å². The molecule has 4 aromatic rings. The third-order valence-corrected chi connectivity index (χ3v) is 4.63. The van der Waals surface area contributed by atoms with Gasteiger partial charge in [0, 0.05) is 18.3 Å². The number of nitrogens with zero attached hydrogens (tertiary/aromatic N) is 2. The number of hydrogen-bond acceptors (Lipinski definition) is 4. The van der Waals surface area contributed by atoms with Gasteiger partial charge in [0.2, 0.25) is 11.6 Å². The Balaban J connectivity index is 1.37. The molecule has 0 saturated carbocycles. The van der Waals surface area contributed by atoms with Crippen molar-refractivity contribution in [3.05, 3.63) is 101 Å². The average molecular weight is 459 g/mol. The van der Waals surface area contributed by atoms with Crippen LogP contribution in [0.15, 0.2) is 59.1 Å². The highest BCUT2D eigenvalue weighted by molar-refractivity contribution is 6.01. The number of nitrogens with one attached hydrogen (secondary N) is 1. The predicted molar refractivity (Wildman–Crippen MR) is 110 cm³/mol. The van der Waals surface area contributed by atoms with Gasteiger partial charge in [-0.3, -0.25) is 9.48 Å². The molecular formula is C23H17F4N3O3. The van der Waals surface area contributed by atoms with Crippen LogP contribution in [0, 0.1) is 30.2 Å². The van der Waals surface area contributed by atoms with Gasteiger partial charge in [0.1, 0.15) is 12.4 Å². The SMILES string of the molecule is Cc1cccc(Cn2ccc(NC(=O)c3ccc(COc4c(F)c(F)cc(F)c4F)o3)n2)c1. The number of anilines is 1. The molecule has 33 heavy (non-hydrogen) atoms. The van der Waals surface area contributed by atoms with E-state index in [1.807, 2.05) is 31.2 Å². The number of rotatable bonds is 7. The Hall–Kier alpha value is -4.08. The Morgan fingerprint density at radius 1 is 1.06 bits per heavy atom. The van der Waals surface area contributed by atoms with Gasteiger partial charge in [-0.25, -0.2) is 8.78 Å². The first-order chi connectivity index (χ1) is 15.8. The number of amides is 1. The molecule has 2 aromatic carbocycles. The molecule has 0 fully saturated rings. The van der Waals surface area contributed by atoms with Gasteiger partial charge in [-0.2, -0.15) is 13.9 Å². The maximum absolute atomic E-state index is 13.7. The Bertz CT molecular complexity index is 1290. The monoisotopic (exact) mass is 459 g/mol. The average Bonchev–Trinajstić information content (AvgIpc) is 3.42.